The van der Waals surface area contributed by atoms with Gasteiger partial charge >= 0.3 is 6.01 Å². The molecule has 0 bridgehead atoms. The lowest BCUT2D eigenvalue weighted by Crippen LogP contribution is -2.29. The van der Waals surface area contributed by atoms with Crippen molar-refractivity contribution >= 4 is 33.2 Å². The molecule has 2 N–H and O–H groups in total. The van der Waals surface area contributed by atoms with Crippen molar-refractivity contribution in [2.24, 2.45) is 0 Å². The molecule has 142 valence electrons. The number of carbonyl (C=O) groups is 1. The Balaban J connectivity index is 2.27. The highest BCUT2D eigenvalue weighted by Crippen LogP contribution is 2.26. The maximum Gasteiger partial charge on any atom is 0.316 e. The van der Waals surface area contributed by atoms with Crippen molar-refractivity contribution in [1.82, 2.24) is 19.5 Å². The number of methoxy groups -OCH3 is 1. The average molecular weight is 402 g/mol. The van der Waals surface area contributed by atoms with Crippen molar-refractivity contribution in [2.75, 3.05) is 12.4 Å². The highest BCUT2D eigenvalue weighted by Gasteiger charge is 2.24. The summed E-state index contributed by atoms with van der Waals surface area (Å²) in [5.74, 6) is 0.121. The van der Waals surface area contributed by atoms with Gasteiger partial charge in [0.1, 0.15) is 0 Å². The summed E-state index contributed by atoms with van der Waals surface area (Å²) in [6.45, 7) is 5.38. The number of hydrogen-bond donors (Lipinski definition) is 2. The summed E-state index contributed by atoms with van der Waals surface area (Å²) in [6.07, 6.45) is 0. The largest absolute Gasteiger partial charge is 0.467 e. The van der Waals surface area contributed by atoms with Crippen LogP contribution < -0.4 is 14.8 Å². The Kier molecular flexibility index (Phi) is 6.21. The fourth-order valence-corrected chi connectivity index (χ4v) is 3.90. The molecule has 0 saturated carbocycles. The zero-order valence-corrected chi connectivity index (χ0v) is 16.3. The molecule has 1 atom stereocenters. The molecular weight excluding hydrogens is 382 g/mol. The molecule has 2 rings (SSSR count). The first-order valence-corrected chi connectivity index (χ1v) is 9.62. The summed E-state index contributed by atoms with van der Waals surface area (Å²) in [4.78, 5) is 11.1. The first kappa shape index (κ1) is 20.1. The van der Waals surface area contributed by atoms with E-state index in [1.54, 1.807) is 11.5 Å². The number of aromatic nitrogens is 3. The number of rotatable bonds is 7. The van der Waals surface area contributed by atoms with Crippen LogP contribution in [-0.4, -0.2) is 36.2 Å². The predicted molar refractivity (Wildman–Crippen MR) is 96.7 cm³/mol. The minimum atomic E-state index is -3.87. The summed E-state index contributed by atoms with van der Waals surface area (Å²) in [5.41, 5.74) is 0.335. The molecule has 2 aromatic rings. The number of amides is 1. The molecule has 0 aliphatic carbocycles. The minimum absolute atomic E-state index is 0.0296. The molecule has 11 heteroatoms. The number of halogens is 1. The first-order valence-electron chi connectivity index (χ1n) is 7.76. The van der Waals surface area contributed by atoms with Crippen molar-refractivity contribution in [1.29, 1.82) is 0 Å². The van der Waals surface area contributed by atoms with Gasteiger partial charge in [0, 0.05) is 13.5 Å². The van der Waals surface area contributed by atoms with Crippen LogP contribution in [-0.2, 0) is 21.4 Å². The van der Waals surface area contributed by atoms with E-state index in [0.29, 0.717) is 24.1 Å². The number of anilines is 1. The highest BCUT2D eigenvalue weighted by atomic mass is 35.5. The van der Waals surface area contributed by atoms with E-state index in [4.69, 9.17) is 16.3 Å². The Morgan fingerprint density at radius 3 is 2.62 bits per heavy atom. The average Bonchev–Trinajstić information content (AvgIpc) is 2.98. The van der Waals surface area contributed by atoms with Gasteiger partial charge in [-0.15, -0.1) is 5.10 Å². The molecule has 0 unspecified atom stereocenters. The maximum absolute atomic E-state index is 12.6. The predicted octanol–water partition coefficient (Wildman–Crippen LogP) is 1.96. The van der Waals surface area contributed by atoms with E-state index < -0.39 is 16.1 Å². The molecule has 1 aromatic carbocycles. The molecule has 0 aliphatic rings. The normalized spacial score (nSPS) is 12.7. The maximum atomic E-state index is 12.6. The minimum Gasteiger partial charge on any atom is -0.467 e. The lowest BCUT2D eigenvalue weighted by atomic mass is 10.3. The third-order valence-corrected chi connectivity index (χ3v) is 5.38. The smallest absolute Gasteiger partial charge is 0.316 e. The summed E-state index contributed by atoms with van der Waals surface area (Å²) in [6, 6.07) is 3.71. The SMILES string of the molecule is CCn1c(OC)nnc1[C@@H](C)NS(=O)(=O)c1ccc(NC(C)=O)c(Cl)c1. The van der Waals surface area contributed by atoms with E-state index in [2.05, 4.69) is 20.2 Å². The molecule has 0 radical (unpaired) electrons. The van der Waals surface area contributed by atoms with Crippen LogP contribution in [0.3, 0.4) is 0 Å². The number of sulfonamides is 1. The van der Waals surface area contributed by atoms with Crippen LogP contribution in [0.2, 0.25) is 5.02 Å². The Labute approximate surface area is 156 Å². The molecular formula is C15H20ClN5O4S. The van der Waals surface area contributed by atoms with E-state index in [1.165, 1.54) is 32.2 Å². The molecule has 0 fully saturated rings. The lowest BCUT2D eigenvalue weighted by Gasteiger charge is -2.15. The molecule has 26 heavy (non-hydrogen) atoms. The lowest BCUT2D eigenvalue weighted by molar-refractivity contribution is -0.114. The van der Waals surface area contributed by atoms with Gasteiger partial charge in [-0.2, -0.15) is 0 Å². The summed E-state index contributed by atoms with van der Waals surface area (Å²) in [7, 11) is -2.40. The topological polar surface area (TPSA) is 115 Å². The Bertz CT molecular complexity index is 913. The van der Waals surface area contributed by atoms with E-state index in [-0.39, 0.29) is 15.8 Å². The second-order valence-electron chi connectivity index (χ2n) is 5.45. The monoisotopic (exact) mass is 401 g/mol. The molecule has 1 heterocycles. The number of carbonyl (C=O) groups excluding carboxylic acids is 1. The number of benzene rings is 1. The van der Waals surface area contributed by atoms with Gasteiger partial charge in [0.15, 0.2) is 5.82 Å². The van der Waals surface area contributed by atoms with Crippen LogP contribution in [0.25, 0.3) is 0 Å². The van der Waals surface area contributed by atoms with Crippen LogP contribution in [0.1, 0.15) is 32.6 Å². The fourth-order valence-electron chi connectivity index (χ4n) is 2.38. The van der Waals surface area contributed by atoms with Crippen LogP contribution in [0.5, 0.6) is 6.01 Å². The van der Waals surface area contributed by atoms with Crippen molar-refractivity contribution in [2.45, 2.75) is 38.3 Å². The summed E-state index contributed by atoms with van der Waals surface area (Å²) >= 11 is 6.05. The van der Waals surface area contributed by atoms with Crippen LogP contribution >= 0.6 is 11.6 Å². The van der Waals surface area contributed by atoms with Crippen molar-refractivity contribution in [3.05, 3.63) is 29.0 Å². The molecule has 0 saturated heterocycles. The third-order valence-electron chi connectivity index (χ3n) is 3.53. The second-order valence-corrected chi connectivity index (χ2v) is 7.58. The van der Waals surface area contributed by atoms with Gasteiger partial charge in [0.2, 0.25) is 15.9 Å². The van der Waals surface area contributed by atoms with E-state index in [1.807, 2.05) is 6.92 Å². The molecule has 9 nitrogen and oxygen atoms in total. The molecule has 0 spiro atoms. The number of nitrogens with zero attached hydrogens (tertiary/aromatic N) is 3. The summed E-state index contributed by atoms with van der Waals surface area (Å²) in [5, 5.41) is 10.5. The van der Waals surface area contributed by atoms with Crippen molar-refractivity contribution < 1.29 is 17.9 Å². The number of ether oxygens (including phenoxy) is 1. The van der Waals surface area contributed by atoms with E-state index >= 15 is 0 Å². The molecule has 0 aliphatic heterocycles. The highest BCUT2D eigenvalue weighted by molar-refractivity contribution is 7.89. The van der Waals surface area contributed by atoms with Crippen LogP contribution in [0, 0.1) is 0 Å². The molecule has 1 aromatic heterocycles. The fraction of sp³-hybridized carbons (Fsp3) is 0.400. The van der Waals surface area contributed by atoms with Crippen molar-refractivity contribution in [3.8, 4) is 6.01 Å². The Morgan fingerprint density at radius 2 is 2.08 bits per heavy atom. The van der Waals surface area contributed by atoms with Crippen LogP contribution in [0.4, 0.5) is 5.69 Å². The zero-order chi connectivity index (χ0) is 19.5. The van der Waals surface area contributed by atoms with Gasteiger partial charge in [-0.1, -0.05) is 16.7 Å². The van der Waals surface area contributed by atoms with E-state index in [9.17, 15) is 13.2 Å². The third kappa shape index (κ3) is 4.32. The van der Waals surface area contributed by atoms with Gasteiger partial charge < -0.3 is 10.1 Å². The summed E-state index contributed by atoms with van der Waals surface area (Å²) < 4.78 is 34.6. The number of hydrogen-bond acceptors (Lipinski definition) is 6. The Morgan fingerprint density at radius 1 is 1.38 bits per heavy atom. The quantitative estimate of drug-likeness (QED) is 0.732. The van der Waals surface area contributed by atoms with Gasteiger partial charge in [0.05, 0.1) is 28.8 Å². The van der Waals surface area contributed by atoms with Crippen molar-refractivity contribution in [3.63, 3.8) is 0 Å². The van der Waals surface area contributed by atoms with Gasteiger partial charge in [-0.3, -0.25) is 9.36 Å². The van der Waals surface area contributed by atoms with Crippen LogP contribution in [0.15, 0.2) is 23.1 Å². The van der Waals surface area contributed by atoms with Gasteiger partial charge in [0.25, 0.3) is 0 Å². The zero-order valence-electron chi connectivity index (χ0n) is 14.8. The Hall–Kier alpha value is -2.17. The second kappa shape index (κ2) is 8.02. The number of nitrogens with one attached hydrogen (secondary N) is 2. The van der Waals surface area contributed by atoms with Gasteiger partial charge in [-0.05, 0) is 32.0 Å². The van der Waals surface area contributed by atoms with E-state index in [0.717, 1.165) is 0 Å². The first-order chi connectivity index (χ1) is 12.2. The molecule has 1 amide bonds. The van der Waals surface area contributed by atoms with Gasteiger partial charge in [-0.25, -0.2) is 13.1 Å². The standard InChI is InChI=1S/C15H20ClN5O4S/c1-5-21-14(18-19-15(21)25-4)9(2)20-26(23,24)11-6-7-13(12(16)8-11)17-10(3)22/h6-9,20H,5H2,1-4H3,(H,17,22)/t9-/m1/s1.